The minimum absolute atomic E-state index is 0.712. The quantitative estimate of drug-likeness (QED) is 0.799. The van der Waals surface area contributed by atoms with Crippen LogP contribution >= 0.6 is 0 Å². The second kappa shape index (κ2) is 6.07. The van der Waals surface area contributed by atoms with Crippen LogP contribution in [0.4, 0.5) is 0 Å². The fourth-order valence-electron chi connectivity index (χ4n) is 2.21. The Hall–Kier alpha value is -1.26. The Morgan fingerprint density at radius 3 is 2.50 bits per heavy atom. The van der Waals surface area contributed by atoms with Crippen LogP contribution in [-0.4, -0.2) is 38.3 Å². The summed E-state index contributed by atoms with van der Waals surface area (Å²) in [5.74, 6) is 1.57. The summed E-state index contributed by atoms with van der Waals surface area (Å²) in [6, 6.07) is 6.82. The maximum atomic E-state index is 5.66. The van der Waals surface area contributed by atoms with Crippen LogP contribution in [0.2, 0.25) is 0 Å². The van der Waals surface area contributed by atoms with Crippen molar-refractivity contribution in [1.29, 1.82) is 0 Å². The number of nitrogens with zero attached hydrogens (tertiary/aromatic N) is 1. The van der Waals surface area contributed by atoms with E-state index in [1.165, 1.54) is 18.4 Å². The third-order valence-corrected chi connectivity index (χ3v) is 3.31. The van der Waals surface area contributed by atoms with Gasteiger partial charge >= 0.3 is 0 Å². The summed E-state index contributed by atoms with van der Waals surface area (Å²) in [6.45, 7) is 2.60. The number of ether oxygens (including phenoxy) is 2. The summed E-state index contributed by atoms with van der Waals surface area (Å²) in [5, 5.41) is 0. The average Bonchev–Trinajstić information content (AvgIpc) is 3.22. The molecular formula is C14H22N2O2. The van der Waals surface area contributed by atoms with Crippen LogP contribution < -0.4 is 15.2 Å². The molecule has 1 aromatic rings. The van der Waals surface area contributed by atoms with Crippen LogP contribution in [0.25, 0.3) is 0 Å². The molecular weight excluding hydrogens is 228 g/mol. The molecule has 1 aliphatic carbocycles. The highest BCUT2D eigenvalue weighted by molar-refractivity contribution is 5.42. The Kier molecular flexibility index (Phi) is 4.44. The van der Waals surface area contributed by atoms with Crippen molar-refractivity contribution in [2.75, 3.05) is 27.3 Å². The van der Waals surface area contributed by atoms with Crippen molar-refractivity contribution in [2.45, 2.75) is 25.4 Å². The summed E-state index contributed by atoms with van der Waals surface area (Å²) in [7, 11) is 3.32. The first-order valence-electron chi connectivity index (χ1n) is 6.43. The maximum absolute atomic E-state index is 5.66. The number of hydrogen-bond donors (Lipinski definition) is 1. The zero-order valence-electron chi connectivity index (χ0n) is 11.2. The van der Waals surface area contributed by atoms with Crippen molar-refractivity contribution in [3.63, 3.8) is 0 Å². The van der Waals surface area contributed by atoms with Crippen molar-refractivity contribution in [1.82, 2.24) is 4.90 Å². The van der Waals surface area contributed by atoms with Gasteiger partial charge in [0.2, 0.25) is 0 Å². The molecule has 0 radical (unpaired) electrons. The van der Waals surface area contributed by atoms with Crippen LogP contribution in [0.3, 0.4) is 0 Å². The standard InChI is InChI=1S/C14H22N2O2/c1-17-13-6-3-11(9-14(13)18-2)10-16(8-7-15)12-4-5-12/h3,6,9,12H,4-5,7-8,10,15H2,1-2H3. The minimum Gasteiger partial charge on any atom is -0.493 e. The van der Waals surface area contributed by atoms with Gasteiger partial charge in [-0.3, -0.25) is 4.90 Å². The first-order valence-corrected chi connectivity index (χ1v) is 6.43. The van der Waals surface area contributed by atoms with Gasteiger partial charge in [-0.05, 0) is 30.5 Å². The molecule has 4 nitrogen and oxygen atoms in total. The van der Waals surface area contributed by atoms with Gasteiger partial charge in [0, 0.05) is 25.7 Å². The summed E-state index contributed by atoms with van der Waals surface area (Å²) in [5.41, 5.74) is 6.91. The smallest absolute Gasteiger partial charge is 0.161 e. The number of hydrogen-bond acceptors (Lipinski definition) is 4. The van der Waals surface area contributed by atoms with E-state index in [4.69, 9.17) is 15.2 Å². The van der Waals surface area contributed by atoms with Crippen molar-refractivity contribution < 1.29 is 9.47 Å². The van der Waals surface area contributed by atoms with Crippen LogP contribution in [0.15, 0.2) is 18.2 Å². The minimum atomic E-state index is 0.712. The molecule has 4 heteroatoms. The van der Waals surface area contributed by atoms with E-state index in [1.54, 1.807) is 14.2 Å². The molecule has 1 saturated carbocycles. The molecule has 1 aromatic carbocycles. The zero-order chi connectivity index (χ0) is 13.0. The summed E-state index contributed by atoms with van der Waals surface area (Å²) >= 11 is 0. The first-order chi connectivity index (χ1) is 8.78. The highest BCUT2D eigenvalue weighted by Gasteiger charge is 2.28. The van der Waals surface area contributed by atoms with Crippen molar-refractivity contribution in [3.05, 3.63) is 23.8 Å². The maximum Gasteiger partial charge on any atom is 0.161 e. The topological polar surface area (TPSA) is 47.7 Å². The van der Waals surface area contributed by atoms with Gasteiger partial charge in [-0.2, -0.15) is 0 Å². The van der Waals surface area contributed by atoms with E-state index in [0.29, 0.717) is 6.54 Å². The van der Waals surface area contributed by atoms with Gasteiger partial charge in [0.25, 0.3) is 0 Å². The highest BCUT2D eigenvalue weighted by Crippen LogP contribution is 2.31. The van der Waals surface area contributed by atoms with Gasteiger partial charge in [0.05, 0.1) is 14.2 Å². The Labute approximate surface area is 109 Å². The van der Waals surface area contributed by atoms with Crippen molar-refractivity contribution >= 4 is 0 Å². The number of nitrogens with two attached hydrogens (primary N) is 1. The van der Waals surface area contributed by atoms with E-state index >= 15 is 0 Å². The molecule has 1 fully saturated rings. The third kappa shape index (κ3) is 3.15. The lowest BCUT2D eigenvalue weighted by Crippen LogP contribution is -2.31. The Bertz CT molecular complexity index is 391. The number of rotatable bonds is 7. The van der Waals surface area contributed by atoms with E-state index < -0.39 is 0 Å². The average molecular weight is 250 g/mol. The summed E-state index contributed by atoms with van der Waals surface area (Å²) in [4.78, 5) is 2.45. The van der Waals surface area contributed by atoms with Crippen LogP contribution in [-0.2, 0) is 6.54 Å². The summed E-state index contributed by atoms with van der Waals surface area (Å²) < 4.78 is 10.6. The molecule has 0 saturated heterocycles. The van der Waals surface area contributed by atoms with Crippen LogP contribution in [0.1, 0.15) is 18.4 Å². The Morgan fingerprint density at radius 2 is 1.94 bits per heavy atom. The van der Waals surface area contributed by atoms with Gasteiger partial charge in [0.1, 0.15) is 0 Å². The molecule has 0 heterocycles. The predicted molar refractivity (Wildman–Crippen MR) is 72.0 cm³/mol. The molecule has 0 atom stereocenters. The van der Waals surface area contributed by atoms with Gasteiger partial charge in [0.15, 0.2) is 11.5 Å². The van der Waals surface area contributed by atoms with E-state index in [0.717, 1.165) is 30.6 Å². The highest BCUT2D eigenvalue weighted by atomic mass is 16.5. The van der Waals surface area contributed by atoms with E-state index in [-0.39, 0.29) is 0 Å². The largest absolute Gasteiger partial charge is 0.493 e. The van der Waals surface area contributed by atoms with E-state index in [9.17, 15) is 0 Å². The second-order valence-electron chi connectivity index (χ2n) is 4.68. The monoisotopic (exact) mass is 250 g/mol. The summed E-state index contributed by atoms with van der Waals surface area (Å²) in [6.07, 6.45) is 2.60. The molecule has 0 aromatic heterocycles. The zero-order valence-corrected chi connectivity index (χ0v) is 11.2. The molecule has 18 heavy (non-hydrogen) atoms. The predicted octanol–water partition coefficient (Wildman–Crippen LogP) is 1.63. The molecule has 0 aliphatic heterocycles. The van der Waals surface area contributed by atoms with Crippen LogP contribution in [0, 0.1) is 0 Å². The van der Waals surface area contributed by atoms with Crippen molar-refractivity contribution in [3.8, 4) is 11.5 Å². The molecule has 2 N–H and O–H groups in total. The molecule has 0 bridgehead atoms. The fraction of sp³-hybridized carbons (Fsp3) is 0.571. The van der Waals surface area contributed by atoms with E-state index in [1.807, 2.05) is 12.1 Å². The van der Waals surface area contributed by atoms with Crippen molar-refractivity contribution in [2.24, 2.45) is 5.73 Å². The first kappa shape index (κ1) is 13.2. The fourth-order valence-corrected chi connectivity index (χ4v) is 2.21. The number of methoxy groups -OCH3 is 2. The van der Waals surface area contributed by atoms with Crippen LogP contribution in [0.5, 0.6) is 11.5 Å². The van der Waals surface area contributed by atoms with Gasteiger partial charge in [-0.1, -0.05) is 6.07 Å². The number of benzene rings is 1. The molecule has 1 aliphatic rings. The van der Waals surface area contributed by atoms with Gasteiger partial charge in [-0.25, -0.2) is 0 Å². The molecule has 0 unspecified atom stereocenters. The Balaban J connectivity index is 2.07. The lowest BCUT2D eigenvalue weighted by Gasteiger charge is -2.21. The molecule has 0 amide bonds. The van der Waals surface area contributed by atoms with E-state index in [2.05, 4.69) is 11.0 Å². The van der Waals surface area contributed by atoms with Gasteiger partial charge in [-0.15, -0.1) is 0 Å². The molecule has 0 spiro atoms. The third-order valence-electron chi connectivity index (χ3n) is 3.31. The lowest BCUT2D eigenvalue weighted by atomic mass is 10.2. The van der Waals surface area contributed by atoms with Gasteiger partial charge < -0.3 is 15.2 Å². The molecule has 100 valence electrons. The lowest BCUT2D eigenvalue weighted by molar-refractivity contribution is 0.261. The SMILES string of the molecule is COc1ccc(CN(CCN)C2CC2)cc1OC. The molecule has 2 rings (SSSR count). The second-order valence-corrected chi connectivity index (χ2v) is 4.68. The normalized spacial score (nSPS) is 14.9. The Morgan fingerprint density at radius 1 is 1.22 bits per heavy atom.